The number of carbonyl (C=O) groups is 2. The zero-order chi connectivity index (χ0) is 20.1. The average Bonchev–Trinajstić information content (AvgIpc) is 3.00. The number of carbonyl (C=O) groups excluding carboxylic acids is 2. The SMILES string of the molecule is C[C@H]1CCCC[C@H]1NC(=O)COC(=O)c1ccccc1S[C@@H]1CCS(=O)(=O)C1. The Morgan fingerprint density at radius 2 is 1.93 bits per heavy atom. The van der Waals surface area contributed by atoms with Gasteiger partial charge >= 0.3 is 5.97 Å². The summed E-state index contributed by atoms with van der Waals surface area (Å²) in [6.45, 7) is 1.83. The number of thioether (sulfide) groups is 1. The zero-order valence-corrected chi connectivity index (χ0v) is 17.7. The molecule has 0 radical (unpaired) electrons. The summed E-state index contributed by atoms with van der Waals surface area (Å²) in [5.41, 5.74) is 0.371. The Hall–Kier alpha value is -1.54. The molecule has 1 saturated carbocycles. The fourth-order valence-electron chi connectivity index (χ4n) is 3.76. The van der Waals surface area contributed by atoms with Crippen molar-refractivity contribution in [3.63, 3.8) is 0 Å². The van der Waals surface area contributed by atoms with E-state index < -0.39 is 15.8 Å². The Morgan fingerprint density at radius 1 is 1.18 bits per heavy atom. The van der Waals surface area contributed by atoms with E-state index in [0.717, 1.165) is 19.3 Å². The van der Waals surface area contributed by atoms with Gasteiger partial charge in [-0.2, -0.15) is 0 Å². The maximum Gasteiger partial charge on any atom is 0.339 e. The number of benzene rings is 1. The number of esters is 1. The van der Waals surface area contributed by atoms with Crippen LogP contribution in [0.4, 0.5) is 0 Å². The van der Waals surface area contributed by atoms with Crippen LogP contribution in [0.2, 0.25) is 0 Å². The molecule has 3 rings (SSSR count). The van der Waals surface area contributed by atoms with Crippen molar-refractivity contribution < 1.29 is 22.7 Å². The second-order valence-corrected chi connectivity index (χ2v) is 11.2. The largest absolute Gasteiger partial charge is 0.452 e. The van der Waals surface area contributed by atoms with Crippen molar-refractivity contribution in [3.8, 4) is 0 Å². The number of amides is 1. The Balaban J connectivity index is 1.55. The van der Waals surface area contributed by atoms with E-state index in [9.17, 15) is 18.0 Å². The van der Waals surface area contributed by atoms with Crippen molar-refractivity contribution in [2.75, 3.05) is 18.1 Å². The summed E-state index contributed by atoms with van der Waals surface area (Å²) in [5.74, 6) is -0.0804. The van der Waals surface area contributed by atoms with E-state index in [2.05, 4.69) is 12.2 Å². The summed E-state index contributed by atoms with van der Waals surface area (Å²) in [6, 6.07) is 7.12. The lowest BCUT2D eigenvalue weighted by molar-refractivity contribution is -0.125. The third-order valence-electron chi connectivity index (χ3n) is 5.38. The molecule has 2 fully saturated rings. The van der Waals surface area contributed by atoms with Crippen LogP contribution in [0.15, 0.2) is 29.2 Å². The molecule has 0 unspecified atom stereocenters. The van der Waals surface area contributed by atoms with Gasteiger partial charge in [0.2, 0.25) is 0 Å². The third kappa shape index (κ3) is 5.73. The van der Waals surface area contributed by atoms with Crippen molar-refractivity contribution in [2.24, 2.45) is 5.92 Å². The van der Waals surface area contributed by atoms with Gasteiger partial charge in [0.25, 0.3) is 5.91 Å². The monoisotopic (exact) mass is 425 g/mol. The van der Waals surface area contributed by atoms with Crippen LogP contribution < -0.4 is 5.32 Å². The molecule has 2 aliphatic rings. The second kappa shape index (κ2) is 9.31. The molecule has 1 aromatic carbocycles. The summed E-state index contributed by atoms with van der Waals surface area (Å²) in [5, 5.41) is 2.91. The summed E-state index contributed by atoms with van der Waals surface area (Å²) >= 11 is 1.39. The van der Waals surface area contributed by atoms with E-state index in [-0.39, 0.29) is 35.3 Å². The van der Waals surface area contributed by atoms with E-state index in [0.29, 0.717) is 22.8 Å². The highest BCUT2D eigenvalue weighted by Crippen LogP contribution is 2.33. The summed E-state index contributed by atoms with van der Waals surface area (Å²) in [7, 11) is -2.98. The molecule has 154 valence electrons. The van der Waals surface area contributed by atoms with Gasteiger partial charge in [-0.05, 0) is 37.3 Å². The molecule has 0 bridgehead atoms. The van der Waals surface area contributed by atoms with E-state index >= 15 is 0 Å². The first-order chi connectivity index (χ1) is 13.3. The minimum atomic E-state index is -2.98. The molecular weight excluding hydrogens is 398 g/mol. The van der Waals surface area contributed by atoms with Crippen molar-refractivity contribution in [1.82, 2.24) is 5.32 Å². The molecule has 28 heavy (non-hydrogen) atoms. The van der Waals surface area contributed by atoms with Crippen LogP contribution in [0, 0.1) is 5.92 Å². The molecule has 1 aliphatic heterocycles. The molecule has 1 heterocycles. The highest BCUT2D eigenvalue weighted by atomic mass is 32.2. The fraction of sp³-hybridized carbons (Fsp3) is 0.600. The number of nitrogens with one attached hydrogen (secondary N) is 1. The van der Waals surface area contributed by atoms with E-state index in [1.54, 1.807) is 24.3 Å². The van der Waals surface area contributed by atoms with Crippen LogP contribution in [0.25, 0.3) is 0 Å². The Kier molecular flexibility index (Phi) is 7.04. The Bertz CT molecular complexity index is 824. The third-order valence-corrected chi connectivity index (χ3v) is 8.71. The maximum atomic E-state index is 12.5. The second-order valence-electron chi connectivity index (χ2n) is 7.65. The molecule has 1 saturated heterocycles. The molecule has 0 spiro atoms. The topological polar surface area (TPSA) is 89.5 Å². The van der Waals surface area contributed by atoms with Gasteiger partial charge in [-0.3, -0.25) is 4.79 Å². The van der Waals surface area contributed by atoms with Crippen molar-refractivity contribution >= 4 is 33.5 Å². The first kappa shape index (κ1) is 21.2. The van der Waals surface area contributed by atoms with Gasteiger partial charge in [0.15, 0.2) is 16.4 Å². The molecule has 1 N–H and O–H groups in total. The van der Waals surface area contributed by atoms with Crippen molar-refractivity contribution in [2.45, 2.75) is 55.2 Å². The maximum absolute atomic E-state index is 12.5. The minimum absolute atomic E-state index is 0.0602. The van der Waals surface area contributed by atoms with Gasteiger partial charge in [-0.25, -0.2) is 13.2 Å². The zero-order valence-electron chi connectivity index (χ0n) is 16.1. The van der Waals surface area contributed by atoms with Crippen LogP contribution >= 0.6 is 11.8 Å². The van der Waals surface area contributed by atoms with Gasteiger partial charge in [-0.15, -0.1) is 11.8 Å². The van der Waals surface area contributed by atoms with Gasteiger partial charge in [-0.1, -0.05) is 31.9 Å². The first-order valence-electron chi connectivity index (χ1n) is 9.76. The van der Waals surface area contributed by atoms with Crippen LogP contribution in [-0.4, -0.2) is 49.7 Å². The van der Waals surface area contributed by atoms with Gasteiger partial charge in [0, 0.05) is 16.2 Å². The lowest BCUT2D eigenvalue weighted by Crippen LogP contribution is -2.42. The number of sulfone groups is 1. The van der Waals surface area contributed by atoms with Crippen molar-refractivity contribution in [1.29, 1.82) is 0 Å². The standard InChI is InChI=1S/C20H27NO5S2/c1-14-6-2-4-8-17(14)21-19(22)12-26-20(23)16-7-3-5-9-18(16)27-15-10-11-28(24,25)13-15/h3,5,7,9,14-15,17H,2,4,6,8,10-13H2,1H3,(H,21,22)/t14-,15+,17+/m0/s1. The highest BCUT2D eigenvalue weighted by molar-refractivity contribution is 8.02. The number of rotatable bonds is 6. The summed E-state index contributed by atoms with van der Waals surface area (Å²) < 4.78 is 28.6. The van der Waals surface area contributed by atoms with E-state index in [1.807, 2.05) is 0 Å². The van der Waals surface area contributed by atoms with E-state index in [4.69, 9.17) is 4.74 Å². The van der Waals surface area contributed by atoms with Crippen LogP contribution in [0.1, 0.15) is 49.4 Å². The Labute approximate surface area is 170 Å². The predicted octanol–water partition coefficient (Wildman–Crippen LogP) is 2.82. The molecule has 1 aliphatic carbocycles. The summed E-state index contributed by atoms with van der Waals surface area (Å²) in [6.07, 6.45) is 4.95. The van der Waals surface area contributed by atoms with Crippen LogP contribution in [0.3, 0.4) is 0 Å². The summed E-state index contributed by atoms with van der Waals surface area (Å²) in [4.78, 5) is 25.4. The molecule has 1 amide bonds. The van der Waals surface area contributed by atoms with E-state index in [1.165, 1.54) is 18.2 Å². The normalized spacial score (nSPS) is 26.5. The predicted molar refractivity (Wildman–Crippen MR) is 109 cm³/mol. The molecule has 6 nitrogen and oxygen atoms in total. The van der Waals surface area contributed by atoms with Crippen LogP contribution in [-0.2, 0) is 19.4 Å². The number of ether oxygens (including phenoxy) is 1. The first-order valence-corrected chi connectivity index (χ1v) is 12.5. The minimum Gasteiger partial charge on any atom is -0.452 e. The number of hydrogen-bond acceptors (Lipinski definition) is 6. The fourth-order valence-corrected chi connectivity index (χ4v) is 7.38. The lowest BCUT2D eigenvalue weighted by Gasteiger charge is -2.29. The average molecular weight is 426 g/mol. The van der Waals surface area contributed by atoms with Gasteiger partial charge in [0.1, 0.15) is 0 Å². The molecule has 0 aromatic heterocycles. The van der Waals surface area contributed by atoms with Crippen molar-refractivity contribution in [3.05, 3.63) is 29.8 Å². The van der Waals surface area contributed by atoms with Crippen LogP contribution in [0.5, 0.6) is 0 Å². The quantitative estimate of drug-likeness (QED) is 0.705. The Morgan fingerprint density at radius 3 is 2.64 bits per heavy atom. The smallest absolute Gasteiger partial charge is 0.339 e. The van der Waals surface area contributed by atoms with Gasteiger partial charge in [0.05, 0.1) is 17.1 Å². The molecular formula is C20H27NO5S2. The highest BCUT2D eigenvalue weighted by Gasteiger charge is 2.30. The lowest BCUT2D eigenvalue weighted by atomic mass is 9.86. The number of hydrogen-bond donors (Lipinski definition) is 1. The molecule has 8 heteroatoms. The molecule has 1 aromatic rings. The van der Waals surface area contributed by atoms with Gasteiger partial charge < -0.3 is 10.1 Å². The molecule has 3 atom stereocenters.